The van der Waals surface area contributed by atoms with E-state index in [9.17, 15) is 0 Å². The van der Waals surface area contributed by atoms with E-state index in [1.807, 2.05) is 0 Å². The zero-order chi connectivity index (χ0) is 21.4. The molecule has 182 valence electrons. The highest BCUT2D eigenvalue weighted by Gasteiger charge is 2.39. The SMILES string of the molecule is CCNC(=NCC1(N2CCCCC2)CCN(C)CC1)NC1CCN(CC(C)C)CC1.I. The summed E-state index contributed by atoms with van der Waals surface area (Å²) in [6.45, 7) is 17.2. The van der Waals surface area contributed by atoms with Gasteiger partial charge in [0.15, 0.2) is 5.96 Å². The third-order valence-corrected chi connectivity index (χ3v) is 7.37. The van der Waals surface area contributed by atoms with E-state index in [-0.39, 0.29) is 29.5 Å². The maximum Gasteiger partial charge on any atom is 0.191 e. The van der Waals surface area contributed by atoms with Crippen LogP contribution in [0.1, 0.15) is 65.7 Å². The van der Waals surface area contributed by atoms with Gasteiger partial charge in [0, 0.05) is 37.8 Å². The van der Waals surface area contributed by atoms with Gasteiger partial charge in [0.05, 0.1) is 6.54 Å². The summed E-state index contributed by atoms with van der Waals surface area (Å²) in [4.78, 5) is 13.1. The summed E-state index contributed by atoms with van der Waals surface area (Å²) >= 11 is 0. The van der Waals surface area contributed by atoms with Crippen molar-refractivity contribution >= 4 is 29.9 Å². The molecule has 0 amide bonds. The number of hydrogen-bond donors (Lipinski definition) is 2. The number of rotatable bonds is 7. The molecule has 3 aliphatic rings. The van der Waals surface area contributed by atoms with Crippen LogP contribution in [0.5, 0.6) is 0 Å². The second-order valence-corrected chi connectivity index (χ2v) is 10.4. The predicted molar refractivity (Wildman–Crippen MR) is 144 cm³/mol. The summed E-state index contributed by atoms with van der Waals surface area (Å²) < 4.78 is 0. The van der Waals surface area contributed by atoms with Crippen molar-refractivity contribution < 1.29 is 0 Å². The number of halogens is 1. The topological polar surface area (TPSA) is 46.1 Å². The van der Waals surface area contributed by atoms with E-state index in [2.05, 4.69) is 53.2 Å². The molecule has 3 rings (SSSR count). The van der Waals surface area contributed by atoms with Crippen molar-refractivity contribution in [1.29, 1.82) is 0 Å². The van der Waals surface area contributed by atoms with E-state index in [4.69, 9.17) is 4.99 Å². The quantitative estimate of drug-likeness (QED) is 0.291. The zero-order valence-electron chi connectivity index (χ0n) is 20.7. The highest BCUT2D eigenvalue weighted by molar-refractivity contribution is 14.0. The molecule has 3 saturated heterocycles. The predicted octanol–water partition coefficient (Wildman–Crippen LogP) is 3.23. The Labute approximate surface area is 209 Å². The van der Waals surface area contributed by atoms with Crippen molar-refractivity contribution in [3.63, 3.8) is 0 Å². The number of likely N-dealkylation sites (tertiary alicyclic amines) is 3. The summed E-state index contributed by atoms with van der Waals surface area (Å²) in [5.41, 5.74) is 0.260. The van der Waals surface area contributed by atoms with Crippen LogP contribution in [0.2, 0.25) is 0 Å². The first-order chi connectivity index (χ1) is 14.5. The van der Waals surface area contributed by atoms with Gasteiger partial charge in [0.1, 0.15) is 0 Å². The molecule has 7 heteroatoms. The molecule has 31 heavy (non-hydrogen) atoms. The Bertz CT molecular complexity index is 518. The van der Waals surface area contributed by atoms with E-state index in [0.29, 0.717) is 6.04 Å². The lowest BCUT2D eigenvalue weighted by Crippen LogP contribution is -2.58. The van der Waals surface area contributed by atoms with Gasteiger partial charge in [-0.3, -0.25) is 9.89 Å². The fraction of sp³-hybridized carbons (Fsp3) is 0.958. The summed E-state index contributed by atoms with van der Waals surface area (Å²) in [6, 6.07) is 0.551. The van der Waals surface area contributed by atoms with Crippen molar-refractivity contribution in [3.05, 3.63) is 0 Å². The van der Waals surface area contributed by atoms with E-state index in [1.54, 1.807) is 0 Å². The van der Waals surface area contributed by atoms with Gasteiger partial charge in [-0.15, -0.1) is 24.0 Å². The molecular weight excluding hydrogens is 499 g/mol. The van der Waals surface area contributed by atoms with E-state index in [1.165, 1.54) is 90.8 Å². The molecule has 2 N–H and O–H groups in total. The molecule has 0 unspecified atom stereocenters. The normalized spacial score (nSPS) is 24.7. The van der Waals surface area contributed by atoms with E-state index < -0.39 is 0 Å². The molecule has 3 aliphatic heterocycles. The van der Waals surface area contributed by atoms with Gasteiger partial charge in [-0.05, 0) is 84.6 Å². The van der Waals surface area contributed by atoms with Gasteiger partial charge in [0.2, 0.25) is 0 Å². The van der Waals surface area contributed by atoms with E-state index >= 15 is 0 Å². The Morgan fingerprint density at radius 3 is 2.23 bits per heavy atom. The fourth-order valence-corrected chi connectivity index (χ4v) is 5.49. The molecule has 0 bridgehead atoms. The van der Waals surface area contributed by atoms with Gasteiger partial charge in [-0.1, -0.05) is 20.3 Å². The maximum atomic E-state index is 5.19. The molecule has 3 heterocycles. The van der Waals surface area contributed by atoms with E-state index in [0.717, 1.165) is 25.0 Å². The smallest absolute Gasteiger partial charge is 0.191 e. The standard InChI is InChI=1S/C24H48N6.HI/c1-5-25-23(27-22-9-15-29(16-10-22)19-21(2)3)26-20-24(11-17-28(4)18-12-24)30-13-7-6-8-14-30;/h21-22H,5-20H2,1-4H3,(H2,25,26,27);1H. The van der Waals surface area contributed by atoms with Crippen molar-refractivity contribution in [2.75, 3.05) is 66.0 Å². The Kier molecular flexibility index (Phi) is 11.9. The molecule has 0 radical (unpaired) electrons. The number of guanidine groups is 1. The van der Waals surface area contributed by atoms with Crippen LogP contribution in [0.3, 0.4) is 0 Å². The maximum absolute atomic E-state index is 5.19. The highest BCUT2D eigenvalue weighted by Crippen LogP contribution is 2.31. The second kappa shape index (κ2) is 13.6. The summed E-state index contributed by atoms with van der Waals surface area (Å²) in [5.74, 6) is 1.80. The first kappa shape index (κ1) is 27.1. The van der Waals surface area contributed by atoms with Crippen molar-refractivity contribution in [1.82, 2.24) is 25.3 Å². The van der Waals surface area contributed by atoms with Crippen LogP contribution in [0, 0.1) is 5.92 Å². The Balaban J connectivity index is 0.00000341. The van der Waals surface area contributed by atoms with Crippen LogP contribution in [0.4, 0.5) is 0 Å². The number of nitrogens with zero attached hydrogens (tertiary/aromatic N) is 4. The molecule has 6 nitrogen and oxygen atoms in total. The molecule has 0 saturated carbocycles. The van der Waals surface area contributed by atoms with Crippen molar-refractivity contribution in [2.45, 2.75) is 77.3 Å². The van der Waals surface area contributed by atoms with Crippen LogP contribution in [0.25, 0.3) is 0 Å². The minimum absolute atomic E-state index is 0. The Hall–Kier alpha value is -0.120. The monoisotopic (exact) mass is 548 g/mol. The summed E-state index contributed by atoms with van der Waals surface area (Å²) in [7, 11) is 2.26. The summed E-state index contributed by atoms with van der Waals surface area (Å²) in [5, 5.41) is 7.32. The molecule has 0 aromatic heterocycles. The lowest BCUT2D eigenvalue weighted by Gasteiger charge is -2.49. The van der Waals surface area contributed by atoms with Crippen LogP contribution in [-0.4, -0.2) is 98.2 Å². The molecule has 0 atom stereocenters. The minimum atomic E-state index is 0. The number of nitrogens with one attached hydrogen (secondary N) is 2. The molecule has 0 aliphatic carbocycles. The Morgan fingerprint density at radius 2 is 1.65 bits per heavy atom. The molecule has 0 aromatic carbocycles. The largest absolute Gasteiger partial charge is 0.357 e. The van der Waals surface area contributed by atoms with Crippen LogP contribution >= 0.6 is 24.0 Å². The van der Waals surface area contributed by atoms with Crippen molar-refractivity contribution in [2.24, 2.45) is 10.9 Å². The third-order valence-electron chi connectivity index (χ3n) is 7.37. The highest BCUT2D eigenvalue weighted by atomic mass is 127. The van der Waals surface area contributed by atoms with Crippen LogP contribution in [0.15, 0.2) is 4.99 Å². The molecule has 3 fully saturated rings. The van der Waals surface area contributed by atoms with Gasteiger partial charge < -0.3 is 20.4 Å². The average molecular weight is 549 g/mol. The van der Waals surface area contributed by atoms with Crippen LogP contribution in [-0.2, 0) is 0 Å². The zero-order valence-corrected chi connectivity index (χ0v) is 23.0. The van der Waals surface area contributed by atoms with Gasteiger partial charge in [0.25, 0.3) is 0 Å². The first-order valence-corrected chi connectivity index (χ1v) is 12.7. The molecule has 0 spiro atoms. The number of aliphatic imine (C=N–C) groups is 1. The number of piperidine rings is 3. The Morgan fingerprint density at radius 1 is 1.00 bits per heavy atom. The lowest BCUT2D eigenvalue weighted by molar-refractivity contribution is 0.0208. The molecular formula is C24H49IN6. The second-order valence-electron chi connectivity index (χ2n) is 10.4. The van der Waals surface area contributed by atoms with Crippen LogP contribution < -0.4 is 10.6 Å². The van der Waals surface area contributed by atoms with Gasteiger partial charge in [-0.2, -0.15) is 0 Å². The van der Waals surface area contributed by atoms with Gasteiger partial charge >= 0.3 is 0 Å². The average Bonchev–Trinajstić information content (AvgIpc) is 2.75. The van der Waals surface area contributed by atoms with Gasteiger partial charge in [-0.25, -0.2) is 0 Å². The van der Waals surface area contributed by atoms with Crippen molar-refractivity contribution in [3.8, 4) is 0 Å². The molecule has 0 aromatic rings. The minimum Gasteiger partial charge on any atom is -0.357 e. The third kappa shape index (κ3) is 8.31. The summed E-state index contributed by atoms with van der Waals surface area (Å²) in [6.07, 6.45) is 9.05. The fourth-order valence-electron chi connectivity index (χ4n) is 5.49. The first-order valence-electron chi connectivity index (χ1n) is 12.7. The number of hydrogen-bond acceptors (Lipinski definition) is 4. The lowest BCUT2D eigenvalue weighted by atomic mass is 9.84.